The van der Waals surface area contributed by atoms with Gasteiger partial charge in [0.15, 0.2) is 0 Å². The molecule has 0 aliphatic heterocycles. The molecule has 0 fully saturated rings. The van der Waals surface area contributed by atoms with Crippen LogP contribution in [0, 0.1) is 18.3 Å². The van der Waals surface area contributed by atoms with Gasteiger partial charge in [-0.2, -0.15) is 5.26 Å². The number of hydrogen-bond acceptors (Lipinski definition) is 3. The van der Waals surface area contributed by atoms with Crippen LogP contribution in [0.15, 0.2) is 57.2 Å². The molecule has 0 aliphatic carbocycles. The fourth-order valence-electron chi connectivity index (χ4n) is 1.77. The summed E-state index contributed by atoms with van der Waals surface area (Å²) in [5, 5.41) is 9.40. The second-order valence-electron chi connectivity index (χ2n) is 4.04. The summed E-state index contributed by atoms with van der Waals surface area (Å²) in [6.45, 7) is 4.20. The minimum atomic E-state index is 0.794. The third-order valence-corrected chi connectivity index (χ3v) is 4.89. The molecule has 0 aliphatic rings. The molecule has 0 amide bonds. The Bertz CT molecular complexity index is 614. The van der Waals surface area contributed by atoms with Gasteiger partial charge in [0.05, 0.1) is 5.56 Å². The van der Waals surface area contributed by atoms with Gasteiger partial charge in [0.2, 0.25) is 0 Å². The van der Waals surface area contributed by atoms with Crippen LogP contribution in [0.4, 0.5) is 0 Å². The van der Waals surface area contributed by atoms with E-state index in [1.807, 2.05) is 30.3 Å². The van der Waals surface area contributed by atoms with E-state index in [1.165, 1.54) is 10.5 Å². The number of nitriles is 1. The third-order valence-electron chi connectivity index (χ3n) is 2.71. The van der Waals surface area contributed by atoms with E-state index in [2.05, 4.69) is 32.0 Å². The van der Waals surface area contributed by atoms with Crippen LogP contribution in [0.2, 0.25) is 0 Å². The number of aryl methyl sites for hydroxylation is 1. The first-order chi connectivity index (χ1) is 9.26. The average Bonchev–Trinajstić information content (AvgIpc) is 2.42. The molecule has 0 N–H and O–H groups in total. The molecule has 3 heteroatoms. The molecule has 0 spiro atoms. The fourth-order valence-corrected chi connectivity index (χ4v) is 3.64. The Hall–Kier alpha value is -1.37. The number of hydrogen-bond donors (Lipinski definition) is 0. The molecule has 19 heavy (non-hydrogen) atoms. The molecule has 1 nitrogen and oxygen atoms in total. The molecule has 0 aromatic heterocycles. The van der Waals surface area contributed by atoms with Crippen LogP contribution < -0.4 is 0 Å². The molecule has 96 valence electrons. The van der Waals surface area contributed by atoms with Crippen LogP contribution in [0.5, 0.6) is 0 Å². The summed E-state index contributed by atoms with van der Waals surface area (Å²) < 4.78 is 0. The van der Waals surface area contributed by atoms with Gasteiger partial charge < -0.3 is 0 Å². The van der Waals surface area contributed by atoms with E-state index in [4.69, 9.17) is 0 Å². The van der Waals surface area contributed by atoms with E-state index < -0.39 is 0 Å². The van der Waals surface area contributed by atoms with Crippen molar-refractivity contribution in [1.29, 1.82) is 5.26 Å². The Morgan fingerprint density at radius 1 is 1.00 bits per heavy atom. The first-order valence-electron chi connectivity index (χ1n) is 6.15. The monoisotopic (exact) mass is 285 g/mol. The van der Waals surface area contributed by atoms with Crippen LogP contribution in [0.1, 0.15) is 18.1 Å². The molecule has 0 bridgehead atoms. The topological polar surface area (TPSA) is 23.8 Å². The van der Waals surface area contributed by atoms with Crippen molar-refractivity contribution in [2.24, 2.45) is 0 Å². The standard InChI is InChI=1S/C16H15NS2/c1-3-18-15-9-6-10-16(13(15)11-17)19-14-8-5-4-7-12(14)2/h4-10H,3H2,1-2H3. The van der Waals surface area contributed by atoms with Gasteiger partial charge >= 0.3 is 0 Å². The number of rotatable bonds is 4. The Morgan fingerprint density at radius 2 is 1.68 bits per heavy atom. The van der Waals surface area contributed by atoms with Gasteiger partial charge in [0.25, 0.3) is 0 Å². The van der Waals surface area contributed by atoms with Crippen LogP contribution in [0.25, 0.3) is 0 Å². The van der Waals surface area contributed by atoms with Crippen molar-refractivity contribution in [3.8, 4) is 6.07 Å². The minimum Gasteiger partial charge on any atom is -0.192 e. The SMILES string of the molecule is CCSc1cccc(Sc2ccccc2C)c1C#N. The van der Waals surface area contributed by atoms with E-state index in [1.54, 1.807) is 23.5 Å². The normalized spacial score (nSPS) is 10.2. The molecule has 0 unspecified atom stereocenters. The van der Waals surface area contributed by atoms with Crippen LogP contribution >= 0.6 is 23.5 Å². The second kappa shape index (κ2) is 6.70. The average molecular weight is 285 g/mol. The maximum Gasteiger partial charge on any atom is 0.101 e. The highest BCUT2D eigenvalue weighted by molar-refractivity contribution is 8.00. The number of benzene rings is 2. The van der Waals surface area contributed by atoms with E-state index in [0.29, 0.717) is 0 Å². The predicted octanol–water partition coefficient (Wildman–Crippen LogP) is 5.13. The lowest BCUT2D eigenvalue weighted by Gasteiger charge is -2.09. The van der Waals surface area contributed by atoms with Crippen LogP contribution in [0.3, 0.4) is 0 Å². The zero-order chi connectivity index (χ0) is 13.7. The van der Waals surface area contributed by atoms with Crippen molar-refractivity contribution in [2.75, 3.05) is 5.75 Å². The third kappa shape index (κ3) is 3.34. The van der Waals surface area contributed by atoms with Crippen molar-refractivity contribution in [3.63, 3.8) is 0 Å². The summed E-state index contributed by atoms with van der Waals surface area (Å²) in [4.78, 5) is 3.32. The summed E-state index contributed by atoms with van der Waals surface area (Å²) in [5.74, 6) is 0.979. The highest BCUT2D eigenvalue weighted by Gasteiger charge is 2.10. The van der Waals surface area contributed by atoms with Crippen molar-refractivity contribution in [1.82, 2.24) is 0 Å². The highest BCUT2D eigenvalue weighted by Crippen LogP contribution is 2.36. The lowest BCUT2D eigenvalue weighted by atomic mass is 10.2. The fraction of sp³-hybridized carbons (Fsp3) is 0.188. The lowest BCUT2D eigenvalue weighted by Crippen LogP contribution is -1.87. The molecular formula is C16H15NS2. The summed E-state index contributed by atoms with van der Waals surface area (Å²) in [6.07, 6.45) is 0. The lowest BCUT2D eigenvalue weighted by molar-refractivity contribution is 1.24. The summed E-state index contributed by atoms with van der Waals surface area (Å²) >= 11 is 3.39. The van der Waals surface area contributed by atoms with E-state index >= 15 is 0 Å². The van der Waals surface area contributed by atoms with Gasteiger partial charge in [-0.1, -0.05) is 43.0 Å². The summed E-state index contributed by atoms with van der Waals surface area (Å²) in [6, 6.07) is 16.7. The Kier molecular flexibility index (Phi) is 4.95. The first-order valence-corrected chi connectivity index (χ1v) is 7.96. The van der Waals surface area contributed by atoms with Gasteiger partial charge in [-0.25, -0.2) is 0 Å². The molecular weight excluding hydrogens is 270 g/mol. The largest absolute Gasteiger partial charge is 0.192 e. The summed E-state index contributed by atoms with van der Waals surface area (Å²) in [5.41, 5.74) is 2.03. The maximum atomic E-state index is 9.40. The van der Waals surface area contributed by atoms with Crippen LogP contribution in [-0.4, -0.2) is 5.75 Å². The predicted molar refractivity (Wildman–Crippen MR) is 82.9 cm³/mol. The van der Waals surface area contributed by atoms with E-state index in [9.17, 15) is 5.26 Å². The van der Waals surface area contributed by atoms with Gasteiger partial charge in [0, 0.05) is 14.7 Å². The van der Waals surface area contributed by atoms with E-state index in [-0.39, 0.29) is 0 Å². The smallest absolute Gasteiger partial charge is 0.101 e. The zero-order valence-corrected chi connectivity index (χ0v) is 12.6. The van der Waals surface area contributed by atoms with Crippen molar-refractivity contribution in [2.45, 2.75) is 28.5 Å². The second-order valence-corrected chi connectivity index (χ2v) is 6.43. The van der Waals surface area contributed by atoms with Gasteiger partial charge in [-0.15, -0.1) is 11.8 Å². The Balaban J connectivity index is 2.38. The molecule has 0 heterocycles. The number of nitrogens with zero attached hydrogens (tertiary/aromatic N) is 1. The molecule has 0 atom stereocenters. The van der Waals surface area contributed by atoms with Crippen molar-refractivity contribution >= 4 is 23.5 Å². The number of thioether (sulfide) groups is 1. The quantitative estimate of drug-likeness (QED) is 0.728. The Labute approximate surface area is 123 Å². The molecule has 0 saturated carbocycles. The maximum absolute atomic E-state index is 9.40. The Morgan fingerprint density at radius 3 is 2.37 bits per heavy atom. The molecule has 2 rings (SSSR count). The molecule has 0 saturated heterocycles. The highest BCUT2D eigenvalue weighted by atomic mass is 32.2. The van der Waals surface area contributed by atoms with Gasteiger partial charge in [0.1, 0.15) is 6.07 Å². The summed E-state index contributed by atoms with van der Waals surface area (Å²) in [7, 11) is 0. The van der Waals surface area contributed by atoms with Gasteiger partial charge in [-0.3, -0.25) is 0 Å². The molecule has 0 radical (unpaired) electrons. The van der Waals surface area contributed by atoms with Crippen molar-refractivity contribution in [3.05, 3.63) is 53.6 Å². The van der Waals surface area contributed by atoms with Gasteiger partial charge in [-0.05, 0) is 36.4 Å². The van der Waals surface area contributed by atoms with Crippen LogP contribution in [-0.2, 0) is 0 Å². The van der Waals surface area contributed by atoms with Crippen molar-refractivity contribution < 1.29 is 0 Å². The molecule has 2 aromatic carbocycles. The van der Waals surface area contributed by atoms with E-state index in [0.717, 1.165) is 21.1 Å². The molecule has 2 aromatic rings. The minimum absolute atomic E-state index is 0.794. The zero-order valence-electron chi connectivity index (χ0n) is 11.0. The first kappa shape index (κ1) is 14.0.